The fourth-order valence-corrected chi connectivity index (χ4v) is 2.63. The highest BCUT2D eigenvalue weighted by atomic mass is 19.1. The predicted octanol–water partition coefficient (Wildman–Crippen LogP) is 3.43. The Morgan fingerprint density at radius 1 is 1.16 bits per heavy atom. The number of hydrogen-bond donors (Lipinski definition) is 0. The molecule has 1 amide bonds. The van der Waals surface area contributed by atoms with Gasteiger partial charge < -0.3 is 9.64 Å². The van der Waals surface area contributed by atoms with Crippen LogP contribution in [0.25, 0.3) is 5.69 Å². The number of amides is 1. The maximum atomic E-state index is 14.0. The molecule has 2 aromatic carbocycles. The van der Waals surface area contributed by atoms with Gasteiger partial charge in [0.1, 0.15) is 5.82 Å². The summed E-state index contributed by atoms with van der Waals surface area (Å²) < 4.78 is 20.9. The van der Waals surface area contributed by atoms with Crippen molar-refractivity contribution >= 4 is 11.6 Å². The van der Waals surface area contributed by atoms with Crippen LogP contribution in [0.3, 0.4) is 0 Å². The normalized spacial score (nSPS) is 10.7. The first-order chi connectivity index (χ1) is 12.1. The molecule has 0 bridgehead atoms. The van der Waals surface area contributed by atoms with Crippen molar-refractivity contribution in [2.75, 3.05) is 19.1 Å². The van der Waals surface area contributed by atoms with E-state index >= 15 is 0 Å². The lowest BCUT2D eigenvalue weighted by molar-refractivity contribution is 0.0987. The Morgan fingerprint density at radius 3 is 2.52 bits per heavy atom. The molecule has 0 saturated heterocycles. The van der Waals surface area contributed by atoms with Gasteiger partial charge in [-0.15, -0.1) is 0 Å². The van der Waals surface area contributed by atoms with E-state index in [0.717, 1.165) is 5.69 Å². The number of ether oxygens (including phenoxy) is 1. The van der Waals surface area contributed by atoms with Crippen molar-refractivity contribution in [3.05, 3.63) is 77.9 Å². The third-order valence-electron chi connectivity index (χ3n) is 3.90. The number of anilines is 1. The summed E-state index contributed by atoms with van der Waals surface area (Å²) in [5, 5.41) is 4.32. The Morgan fingerprint density at radius 2 is 1.84 bits per heavy atom. The van der Waals surface area contributed by atoms with Gasteiger partial charge in [0.15, 0.2) is 0 Å². The lowest BCUT2D eigenvalue weighted by atomic mass is 10.2. The standard InChI is InChI=1S/C19H18FN3O2/c1-22(17-11-7-6-10-16(17)20)19(24)15-12-21-23(18(15)13-25-2)14-8-4-3-5-9-14/h3-12H,13H2,1-2H3. The van der Waals surface area contributed by atoms with Gasteiger partial charge in [-0.25, -0.2) is 9.07 Å². The van der Waals surface area contributed by atoms with Crippen molar-refractivity contribution in [3.8, 4) is 5.69 Å². The second-order valence-corrected chi connectivity index (χ2v) is 5.50. The Hall–Kier alpha value is -2.99. The molecule has 5 nitrogen and oxygen atoms in total. The molecule has 0 aliphatic heterocycles. The number of benzene rings is 2. The van der Waals surface area contributed by atoms with Gasteiger partial charge in [-0.2, -0.15) is 5.10 Å². The number of aromatic nitrogens is 2. The largest absolute Gasteiger partial charge is 0.378 e. The minimum Gasteiger partial charge on any atom is -0.378 e. The zero-order valence-corrected chi connectivity index (χ0v) is 14.0. The molecule has 1 heterocycles. The molecule has 3 rings (SSSR count). The van der Waals surface area contributed by atoms with Gasteiger partial charge in [0.25, 0.3) is 5.91 Å². The zero-order valence-electron chi connectivity index (χ0n) is 14.0. The second kappa shape index (κ2) is 7.27. The molecule has 0 N–H and O–H groups in total. The number of halogens is 1. The van der Waals surface area contributed by atoms with Gasteiger partial charge >= 0.3 is 0 Å². The highest BCUT2D eigenvalue weighted by Crippen LogP contribution is 2.22. The van der Waals surface area contributed by atoms with Crippen LogP contribution in [0.5, 0.6) is 0 Å². The van der Waals surface area contributed by atoms with Crippen LogP contribution in [0, 0.1) is 5.82 Å². The first-order valence-electron chi connectivity index (χ1n) is 7.77. The van der Waals surface area contributed by atoms with Gasteiger partial charge in [0, 0.05) is 14.2 Å². The second-order valence-electron chi connectivity index (χ2n) is 5.50. The topological polar surface area (TPSA) is 47.4 Å². The summed E-state index contributed by atoms with van der Waals surface area (Å²) in [6, 6.07) is 15.6. The fourth-order valence-electron chi connectivity index (χ4n) is 2.63. The minimum absolute atomic E-state index is 0.209. The Kier molecular flexibility index (Phi) is 4.90. The van der Waals surface area contributed by atoms with Crippen LogP contribution in [-0.4, -0.2) is 29.8 Å². The number of hydrogen-bond acceptors (Lipinski definition) is 3. The molecule has 3 aromatic rings. The Labute approximate surface area is 145 Å². The molecule has 0 saturated carbocycles. The fraction of sp³-hybridized carbons (Fsp3) is 0.158. The molecule has 0 aliphatic carbocycles. The quantitative estimate of drug-likeness (QED) is 0.715. The average Bonchev–Trinajstić information content (AvgIpc) is 3.05. The number of nitrogens with zero attached hydrogens (tertiary/aromatic N) is 3. The molecular weight excluding hydrogens is 321 g/mol. The van der Waals surface area contributed by atoms with Crippen molar-refractivity contribution in [1.82, 2.24) is 9.78 Å². The predicted molar refractivity (Wildman–Crippen MR) is 93.4 cm³/mol. The zero-order chi connectivity index (χ0) is 17.8. The van der Waals surface area contributed by atoms with Crippen LogP contribution < -0.4 is 4.90 Å². The third kappa shape index (κ3) is 3.29. The maximum Gasteiger partial charge on any atom is 0.261 e. The number of methoxy groups -OCH3 is 1. The number of carbonyl (C=O) groups excluding carboxylic acids is 1. The van der Waals surface area contributed by atoms with E-state index in [0.29, 0.717) is 11.3 Å². The molecule has 0 atom stereocenters. The molecule has 0 radical (unpaired) electrons. The van der Waals surface area contributed by atoms with Crippen LogP contribution >= 0.6 is 0 Å². The SMILES string of the molecule is COCc1c(C(=O)N(C)c2ccccc2F)cnn1-c1ccccc1. The van der Waals surface area contributed by atoms with E-state index in [2.05, 4.69) is 5.10 Å². The molecule has 0 spiro atoms. The lowest BCUT2D eigenvalue weighted by Crippen LogP contribution is -2.28. The van der Waals surface area contributed by atoms with Crippen molar-refractivity contribution in [2.24, 2.45) is 0 Å². The minimum atomic E-state index is -0.456. The van der Waals surface area contributed by atoms with E-state index in [9.17, 15) is 9.18 Å². The van der Waals surface area contributed by atoms with Crippen LogP contribution in [0.15, 0.2) is 60.8 Å². The van der Waals surface area contributed by atoms with E-state index in [1.807, 2.05) is 30.3 Å². The first-order valence-corrected chi connectivity index (χ1v) is 7.77. The highest BCUT2D eigenvalue weighted by Gasteiger charge is 2.23. The Bertz CT molecular complexity index is 877. The van der Waals surface area contributed by atoms with E-state index in [1.165, 1.54) is 24.2 Å². The summed E-state index contributed by atoms with van der Waals surface area (Å²) in [6.45, 7) is 0.209. The van der Waals surface area contributed by atoms with Crippen LogP contribution in [0.4, 0.5) is 10.1 Å². The van der Waals surface area contributed by atoms with Crippen LogP contribution in [0.1, 0.15) is 16.1 Å². The number of para-hydroxylation sites is 2. The van der Waals surface area contributed by atoms with Crippen molar-refractivity contribution < 1.29 is 13.9 Å². The van der Waals surface area contributed by atoms with Crippen LogP contribution in [0.2, 0.25) is 0 Å². The van der Waals surface area contributed by atoms with Crippen molar-refractivity contribution in [1.29, 1.82) is 0 Å². The molecule has 25 heavy (non-hydrogen) atoms. The monoisotopic (exact) mass is 339 g/mol. The maximum absolute atomic E-state index is 14.0. The van der Waals surface area contributed by atoms with Gasteiger partial charge in [-0.1, -0.05) is 30.3 Å². The molecule has 0 aliphatic rings. The third-order valence-corrected chi connectivity index (χ3v) is 3.90. The number of rotatable bonds is 5. The summed E-state index contributed by atoms with van der Waals surface area (Å²) >= 11 is 0. The lowest BCUT2D eigenvalue weighted by Gasteiger charge is -2.18. The number of carbonyl (C=O) groups is 1. The van der Waals surface area contributed by atoms with E-state index < -0.39 is 5.82 Å². The summed E-state index contributed by atoms with van der Waals surface area (Å²) in [4.78, 5) is 14.2. The van der Waals surface area contributed by atoms with Crippen molar-refractivity contribution in [3.63, 3.8) is 0 Å². The molecule has 1 aromatic heterocycles. The van der Waals surface area contributed by atoms with Gasteiger partial charge in [-0.05, 0) is 24.3 Å². The summed E-state index contributed by atoms with van der Waals surface area (Å²) in [5.74, 6) is -0.804. The smallest absolute Gasteiger partial charge is 0.261 e. The average molecular weight is 339 g/mol. The van der Waals surface area contributed by atoms with Crippen LogP contribution in [-0.2, 0) is 11.3 Å². The molecule has 0 fully saturated rings. The first kappa shape index (κ1) is 16.9. The molecule has 128 valence electrons. The highest BCUT2D eigenvalue weighted by molar-refractivity contribution is 6.06. The summed E-state index contributed by atoms with van der Waals surface area (Å²) in [5.41, 5.74) is 2.02. The van der Waals surface area contributed by atoms with Gasteiger partial charge in [-0.3, -0.25) is 4.79 Å². The molecular formula is C19H18FN3O2. The summed E-state index contributed by atoms with van der Waals surface area (Å²) in [6.07, 6.45) is 1.49. The van der Waals surface area contributed by atoms with E-state index in [1.54, 1.807) is 30.0 Å². The van der Waals surface area contributed by atoms with Gasteiger partial charge in [0.2, 0.25) is 0 Å². The Balaban J connectivity index is 2.01. The van der Waals surface area contributed by atoms with Crippen molar-refractivity contribution in [2.45, 2.75) is 6.61 Å². The van der Waals surface area contributed by atoms with Gasteiger partial charge in [0.05, 0.1) is 35.4 Å². The van der Waals surface area contributed by atoms with E-state index in [4.69, 9.17) is 4.74 Å². The summed E-state index contributed by atoms with van der Waals surface area (Å²) in [7, 11) is 3.09. The molecule has 6 heteroatoms. The molecule has 0 unspecified atom stereocenters. The van der Waals surface area contributed by atoms with E-state index in [-0.39, 0.29) is 18.2 Å².